The van der Waals surface area contributed by atoms with Gasteiger partial charge in [0.1, 0.15) is 5.52 Å². The van der Waals surface area contributed by atoms with E-state index in [9.17, 15) is 9.90 Å². The molecule has 20 heavy (non-hydrogen) atoms. The summed E-state index contributed by atoms with van der Waals surface area (Å²) in [5.41, 5.74) is 1.32. The summed E-state index contributed by atoms with van der Waals surface area (Å²) >= 11 is 0. The van der Waals surface area contributed by atoms with Crippen molar-refractivity contribution in [3.8, 4) is 0 Å². The minimum Gasteiger partial charge on any atom is -0.391 e. The highest BCUT2D eigenvalue weighted by Gasteiger charge is 2.22. The molecular weight excluding hydrogens is 254 g/mol. The van der Waals surface area contributed by atoms with Gasteiger partial charge in [-0.2, -0.15) is 5.10 Å². The molecule has 0 saturated heterocycles. The molecule has 1 fully saturated rings. The average molecular weight is 275 g/mol. The van der Waals surface area contributed by atoms with Gasteiger partial charge in [-0.3, -0.25) is 4.79 Å². The van der Waals surface area contributed by atoms with Gasteiger partial charge in [-0.1, -0.05) is 19.3 Å². The van der Waals surface area contributed by atoms with E-state index in [1.54, 1.807) is 27.5 Å². The maximum atomic E-state index is 12.4. The Morgan fingerprint density at radius 1 is 1.35 bits per heavy atom. The summed E-state index contributed by atoms with van der Waals surface area (Å²) in [5.74, 6) is 0.332. The number of fused-ring (bicyclic) bond motifs is 1. The van der Waals surface area contributed by atoms with E-state index in [2.05, 4.69) is 5.10 Å². The first-order valence-corrected chi connectivity index (χ1v) is 7.38. The summed E-state index contributed by atoms with van der Waals surface area (Å²) in [7, 11) is 0. The highest BCUT2D eigenvalue weighted by atomic mass is 16.3. The Balaban J connectivity index is 1.83. The lowest BCUT2D eigenvalue weighted by Gasteiger charge is -2.26. The molecule has 0 aliphatic heterocycles. The molecule has 0 radical (unpaired) electrons. The van der Waals surface area contributed by atoms with Crippen molar-refractivity contribution in [3.05, 3.63) is 34.5 Å². The van der Waals surface area contributed by atoms with Crippen molar-refractivity contribution in [1.29, 1.82) is 0 Å². The van der Waals surface area contributed by atoms with Crippen molar-refractivity contribution in [2.45, 2.75) is 51.7 Å². The van der Waals surface area contributed by atoms with E-state index in [0.717, 1.165) is 18.5 Å². The summed E-state index contributed by atoms with van der Waals surface area (Å²) in [6, 6.07) is 1.78. The van der Waals surface area contributed by atoms with Crippen molar-refractivity contribution < 1.29 is 5.11 Å². The first-order chi connectivity index (χ1) is 9.65. The number of hydrogen-bond acceptors (Lipinski definition) is 3. The second-order valence-corrected chi connectivity index (χ2v) is 5.84. The van der Waals surface area contributed by atoms with Crippen LogP contribution in [-0.4, -0.2) is 25.4 Å². The van der Waals surface area contributed by atoms with Crippen LogP contribution in [0.1, 0.15) is 37.8 Å². The molecule has 1 saturated carbocycles. The lowest BCUT2D eigenvalue weighted by molar-refractivity contribution is 0.0687. The van der Waals surface area contributed by atoms with Crippen LogP contribution in [0.3, 0.4) is 0 Å². The molecule has 1 aliphatic rings. The second-order valence-electron chi connectivity index (χ2n) is 5.84. The zero-order chi connectivity index (χ0) is 14.1. The maximum absolute atomic E-state index is 12.4. The topological polar surface area (TPSA) is 59.5 Å². The van der Waals surface area contributed by atoms with Gasteiger partial charge in [0.05, 0.1) is 18.3 Å². The van der Waals surface area contributed by atoms with Crippen LogP contribution >= 0.6 is 0 Å². The third-order valence-corrected chi connectivity index (χ3v) is 4.30. The molecular formula is C15H21N3O2. The van der Waals surface area contributed by atoms with Gasteiger partial charge in [0.2, 0.25) is 0 Å². The van der Waals surface area contributed by atoms with Gasteiger partial charge >= 0.3 is 0 Å². The lowest BCUT2D eigenvalue weighted by atomic mass is 9.85. The molecule has 1 atom stereocenters. The number of aliphatic hydroxyl groups excluding tert-OH is 1. The Morgan fingerprint density at radius 2 is 2.10 bits per heavy atom. The first kappa shape index (κ1) is 13.4. The lowest BCUT2D eigenvalue weighted by Crippen LogP contribution is -2.32. The fraction of sp³-hybridized carbons (Fsp3) is 0.600. The van der Waals surface area contributed by atoms with Gasteiger partial charge in [0.15, 0.2) is 0 Å². The number of aromatic nitrogens is 3. The Hall–Kier alpha value is -1.62. The highest BCUT2D eigenvalue weighted by molar-refractivity contribution is 5.44. The van der Waals surface area contributed by atoms with Crippen LogP contribution in [0.15, 0.2) is 23.3 Å². The number of rotatable bonds is 3. The molecule has 2 aromatic rings. The summed E-state index contributed by atoms with van der Waals surface area (Å²) in [5, 5.41) is 14.6. The van der Waals surface area contributed by atoms with Crippen LogP contribution < -0.4 is 5.56 Å². The Kier molecular flexibility index (Phi) is 3.61. The molecule has 0 spiro atoms. The third kappa shape index (κ3) is 2.50. The zero-order valence-electron chi connectivity index (χ0n) is 11.8. The SMILES string of the molecule is Cc1cc2c(=O)n(CC(O)C3CCCCC3)ccn2n1. The number of nitrogens with zero attached hydrogens (tertiary/aromatic N) is 3. The van der Waals surface area contributed by atoms with Crippen LogP contribution in [0.2, 0.25) is 0 Å². The van der Waals surface area contributed by atoms with Crippen LogP contribution in [0.4, 0.5) is 0 Å². The monoisotopic (exact) mass is 275 g/mol. The van der Waals surface area contributed by atoms with E-state index >= 15 is 0 Å². The predicted octanol–water partition coefficient (Wildman–Crippen LogP) is 1.75. The summed E-state index contributed by atoms with van der Waals surface area (Å²) in [6.45, 7) is 2.25. The molecule has 0 amide bonds. The Labute approximate surface area is 117 Å². The molecule has 0 aromatic carbocycles. The molecule has 2 heterocycles. The molecule has 108 valence electrons. The second kappa shape index (κ2) is 5.40. The quantitative estimate of drug-likeness (QED) is 0.928. The molecule has 2 aromatic heterocycles. The fourth-order valence-corrected chi connectivity index (χ4v) is 3.16. The van der Waals surface area contributed by atoms with Gasteiger partial charge in [-0.25, -0.2) is 4.52 Å². The van der Waals surface area contributed by atoms with Crippen molar-refractivity contribution >= 4 is 5.52 Å². The Morgan fingerprint density at radius 3 is 2.85 bits per heavy atom. The summed E-state index contributed by atoms with van der Waals surface area (Å²) < 4.78 is 3.21. The maximum Gasteiger partial charge on any atom is 0.276 e. The van der Waals surface area contributed by atoms with Gasteiger partial charge in [-0.15, -0.1) is 0 Å². The van der Waals surface area contributed by atoms with Crippen molar-refractivity contribution in [2.24, 2.45) is 5.92 Å². The van der Waals surface area contributed by atoms with E-state index in [-0.39, 0.29) is 5.56 Å². The van der Waals surface area contributed by atoms with Crippen molar-refractivity contribution in [2.75, 3.05) is 0 Å². The van der Waals surface area contributed by atoms with Gasteiger partial charge in [-0.05, 0) is 31.7 Å². The van der Waals surface area contributed by atoms with Crippen LogP contribution in [-0.2, 0) is 6.54 Å². The van der Waals surface area contributed by atoms with E-state index in [4.69, 9.17) is 0 Å². The molecule has 0 bridgehead atoms. The van der Waals surface area contributed by atoms with E-state index in [1.165, 1.54) is 19.3 Å². The number of hydrogen-bond donors (Lipinski definition) is 1. The molecule has 1 unspecified atom stereocenters. The molecule has 5 nitrogen and oxygen atoms in total. The first-order valence-electron chi connectivity index (χ1n) is 7.38. The summed E-state index contributed by atoms with van der Waals surface area (Å²) in [4.78, 5) is 12.4. The molecule has 1 N–H and O–H groups in total. The number of aryl methyl sites for hydroxylation is 1. The molecule has 3 rings (SSSR count). The van der Waals surface area contributed by atoms with E-state index < -0.39 is 6.10 Å². The third-order valence-electron chi connectivity index (χ3n) is 4.30. The van der Waals surface area contributed by atoms with E-state index in [1.807, 2.05) is 6.92 Å². The van der Waals surface area contributed by atoms with Crippen molar-refractivity contribution in [3.63, 3.8) is 0 Å². The minimum atomic E-state index is -0.431. The van der Waals surface area contributed by atoms with Crippen LogP contribution in [0.5, 0.6) is 0 Å². The largest absolute Gasteiger partial charge is 0.391 e. The smallest absolute Gasteiger partial charge is 0.276 e. The van der Waals surface area contributed by atoms with Gasteiger partial charge in [0.25, 0.3) is 5.56 Å². The van der Waals surface area contributed by atoms with Gasteiger partial charge < -0.3 is 9.67 Å². The van der Waals surface area contributed by atoms with Crippen LogP contribution in [0.25, 0.3) is 5.52 Å². The normalized spacial score (nSPS) is 18.5. The highest BCUT2D eigenvalue weighted by Crippen LogP contribution is 2.26. The Bertz CT molecular complexity index is 653. The van der Waals surface area contributed by atoms with Gasteiger partial charge in [0, 0.05) is 12.4 Å². The molecule has 1 aliphatic carbocycles. The van der Waals surface area contributed by atoms with Crippen molar-refractivity contribution in [1.82, 2.24) is 14.2 Å². The molecule has 5 heteroatoms. The summed E-state index contributed by atoms with van der Waals surface area (Å²) in [6.07, 6.45) is 8.86. The average Bonchev–Trinajstić information content (AvgIpc) is 2.84. The zero-order valence-corrected chi connectivity index (χ0v) is 11.8. The minimum absolute atomic E-state index is 0.0806. The van der Waals surface area contributed by atoms with E-state index in [0.29, 0.717) is 18.0 Å². The fourth-order valence-electron chi connectivity index (χ4n) is 3.16. The van der Waals surface area contributed by atoms with Crippen LogP contribution in [0, 0.1) is 12.8 Å². The predicted molar refractivity (Wildman–Crippen MR) is 76.8 cm³/mol. The number of aliphatic hydroxyl groups is 1. The standard InChI is InChI=1S/C15H21N3O2/c1-11-9-13-15(20)17(7-8-18(13)16-11)10-14(19)12-5-3-2-4-6-12/h7-9,12,14,19H,2-6,10H2,1H3.